The fourth-order valence-electron chi connectivity index (χ4n) is 4.94. The maximum Gasteiger partial charge on any atom is 0.307 e. The number of esters is 1. The minimum atomic E-state index is -0.380. The van der Waals surface area contributed by atoms with E-state index in [0.29, 0.717) is 18.8 Å². The van der Waals surface area contributed by atoms with Gasteiger partial charge in [-0.1, -0.05) is 6.07 Å². The number of ether oxygens (including phenoxy) is 2. The fraction of sp³-hybridized carbons (Fsp3) is 0.321. The molecule has 1 fully saturated rings. The maximum atomic E-state index is 13.4. The summed E-state index contributed by atoms with van der Waals surface area (Å²) in [5, 5.41) is 0. The SMILES string of the molecule is COC(=O)CC1c2cnccc2N=C(N2CCN(c3ccc(F)cc3)CC2)N1c1cc(C)ccc1OC. The van der Waals surface area contributed by atoms with Gasteiger partial charge in [0.2, 0.25) is 5.96 Å². The van der Waals surface area contributed by atoms with Crippen LogP contribution < -0.4 is 14.5 Å². The van der Waals surface area contributed by atoms with Gasteiger partial charge < -0.3 is 24.2 Å². The second-order valence-electron chi connectivity index (χ2n) is 9.14. The lowest BCUT2D eigenvalue weighted by Gasteiger charge is -2.45. The molecule has 0 radical (unpaired) electrons. The molecule has 2 aliphatic rings. The van der Waals surface area contributed by atoms with Gasteiger partial charge in [-0.15, -0.1) is 0 Å². The lowest BCUT2D eigenvalue weighted by Crippen LogP contribution is -2.55. The predicted octanol–water partition coefficient (Wildman–Crippen LogP) is 4.47. The minimum Gasteiger partial charge on any atom is -0.495 e. The summed E-state index contributed by atoms with van der Waals surface area (Å²) in [5.74, 6) is 0.867. The molecule has 0 saturated carbocycles. The van der Waals surface area contributed by atoms with Crippen LogP contribution in [0.25, 0.3) is 0 Å². The van der Waals surface area contributed by atoms with Crippen LogP contribution in [0.4, 0.5) is 21.5 Å². The van der Waals surface area contributed by atoms with Crippen molar-refractivity contribution < 1.29 is 18.7 Å². The number of nitrogens with zero attached hydrogens (tertiary/aromatic N) is 5. The number of rotatable bonds is 5. The van der Waals surface area contributed by atoms with Gasteiger partial charge in [0.05, 0.1) is 38.1 Å². The first-order valence-electron chi connectivity index (χ1n) is 12.3. The number of piperazine rings is 1. The number of methoxy groups -OCH3 is 2. The number of carbonyl (C=O) groups is 1. The molecule has 2 aromatic carbocycles. The number of carbonyl (C=O) groups excluding carboxylic acids is 1. The van der Waals surface area contributed by atoms with Crippen molar-refractivity contribution in [2.24, 2.45) is 4.99 Å². The Kier molecular flexibility index (Phi) is 6.94. The average Bonchev–Trinajstić information content (AvgIpc) is 2.93. The molecule has 0 N–H and O–H groups in total. The Morgan fingerprint density at radius 2 is 1.76 bits per heavy atom. The summed E-state index contributed by atoms with van der Waals surface area (Å²) in [6, 6.07) is 14.1. The number of fused-ring (bicyclic) bond motifs is 1. The van der Waals surface area contributed by atoms with Crippen molar-refractivity contribution in [1.29, 1.82) is 0 Å². The summed E-state index contributed by atoms with van der Waals surface area (Å²) in [6.45, 7) is 4.91. The van der Waals surface area contributed by atoms with Crippen molar-refractivity contribution in [2.75, 3.05) is 50.2 Å². The Bertz CT molecular complexity index is 1310. The average molecular weight is 504 g/mol. The van der Waals surface area contributed by atoms with Crippen LogP contribution in [-0.4, -0.2) is 62.2 Å². The molecule has 0 aliphatic carbocycles. The number of hydrogen-bond donors (Lipinski definition) is 0. The molecule has 8 nitrogen and oxygen atoms in total. The molecule has 1 saturated heterocycles. The zero-order valence-electron chi connectivity index (χ0n) is 21.2. The molecule has 0 bridgehead atoms. The summed E-state index contributed by atoms with van der Waals surface area (Å²) >= 11 is 0. The van der Waals surface area contributed by atoms with E-state index >= 15 is 0 Å². The molecule has 0 amide bonds. The summed E-state index contributed by atoms with van der Waals surface area (Å²) < 4.78 is 24.3. The smallest absolute Gasteiger partial charge is 0.307 e. The van der Waals surface area contributed by atoms with E-state index in [2.05, 4.69) is 25.8 Å². The first kappa shape index (κ1) is 24.5. The number of benzene rings is 2. The van der Waals surface area contributed by atoms with Gasteiger partial charge >= 0.3 is 5.97 Å². The fourth-order valence-corrected chi connectivity index (χ4v) is 4.94. The molecule has 0 spiro atoms. The van der Waals surface area contributed by atoms with Gasteiger partial charge in [0.1, 0.15) is 11.6 Å². The van der Waals surface area contributed by atoms with Crippen LogP contribution in [0.3, 0.4) is 0 Å². The standard InChI is InChI=1S/C28H30FN5O3/c1-19-4-9-26(36-2)25(16-19)34-24(17-27(35)37-3)22-18-30-11-10-23(22)31-28(34)33-14-12-32(13-15-33)21-7-5-20(29)6-8-21/h4-11,16,18,24H,12-15,17H2,1-3H3. The third kappa shape index (κ3) is 4.94. The van der Waals surface area contributed by atoms with Crippen molar-refractivity contribution in [3.63, 3.8) is 0 Å². The summed E-state index contributed by atoms with van der Waals surface area (Å²) in [6.07, 6.45) is 3.61. The Labute approximate surface area is 215 Å². The number of guanidine groups is 1. The van der Waals surface area contributed by atoms with E-state index < -0.39 is 0 Å². The molecule has 3 heterocycles. The van der Waals surface area contributed by atoms with Crippen LogP contribution in [0.5, 0.6) is 5.75 Å². The van der Waals surface area contributed by atoms with Crippen LogP contribution in [0.15, 0.2) is 65.9 Å². The Balaban J connectivity index is 1.55. The highest BCUT2D eigenvalue weighted by Gasteiger charge is 2.38. The zero-order valence-corrected chi connectivity index (χ0v) is 21.2. The molecule has 1 unspecified atom stereocenters. The van der Waals surface area contributed by atoms with Gasteiger partial charge in [-0.25, -0.2) is 9.38 Å². The molecule has 3 aromatic rings. The molecule has 9 heteroatoms. The third-order valence-electron chi connectivity index (χ3n) is 6.87. The second kappa shape index (κ2) is 10.5. The molecule has 1 aromatic heterocycles. The monoisotopic (exact) mass is 503 g/mol. The molecule has 1 atom stereocenters. The summed E-state index contributed by atoms with van der Waals surface area (Å²) in [7, 11) is 3.04. The molecular formula is C28H30FN5O3. The topological polar surface area (TPSA) is 70.5 Å². The van der Waals surface area contributed by atoms with Crippen molar-refractivity contribution >= 4 is 29.0 Å². The van der Waals surface area contributed by atoms with E-state index in [0.717, 1.165) is 47.2 Å². The number of anilines is 2. The maximum absolute atomic E-state index is 13.4. The van der Waals surface area contributed by atoms with Crippen molar-refractivity contribution in [1.82, 2.24) is 9.88 Å². The van der Waals surface area contributed by atoms with Crippen LogP contribution >= 0.6 is 0 Å². The number of aliphatic imine (C=N–C) groups is 1. The van der Waals surface area contributed by atoms with Crippen LogP contribution in [0.1, 0.15) is 23.6 Å². The molecular weight excluding hydrogens is 473 g/mol. The zero-order chi connectivity index (χ0) is 25.9. The number of aromatic nitrogens is 1. The Hall–Kier alpha value is -4.14. The quantitative estimate of drug-likeness (QED) is 0.476. The Morgan fingerprint density at radius 1 is 1.03 bits per heavy atom. The minimum absolute atomic E-state index is 0.126. The van der Waals surface area contributed by atoms with Crippen molar-refractivity contribution in [3.8, 4) is 5.75 Å². The lowest BCUT2D eigenvalue weighted by atomic mass is 9.99. The lowest BCUT2D eigenvalue weighted by molar-refractivity contribution is -0.141. The van der Waals surface area contributed by atoms with Gasteiger partial charge in [0.25, 0.3) is 0 Å². The molecule has 5 rings (SSSR count). The number of aryl methyl sites for hydroxylation is 1. The van der Waals surface area contributed by atoms with E-state index in [4.69, 9.17) is 14.5 Å². The van der Waals surface area contributed by atoms with Crippen molar-refractivity contribution in [3.05, 3.63) is 77.9 Å². The summed E-state index contributed by atoms with van der Waals surface area (Å²) in [5.41, 5.74) is 4.51. The van der Waals surface area contributed by atoms with E-state index in [-0.39, 0.29) is 24.2 Å². The number of hydrogen-bond acceptors (Lipinski definition) is 8. The molecule has 192 valence electrons. The predicted molar refractivity (Wildman–Crippen MR) is 141 cm³/mol. The van der Waals surface area contributed by atoms with Crippen LogP contribution in [-0.2, 0) is 9.53 Å². The van der Waals surface area contributed by atoms with Gasteiger partial charge in [0, 0.05) is 49.8 Å². The van der Waals surface area contributed by atoms with E-state index in [1.165, 1.54) is 19.2 Å². The second-order valence-corrected chi connectivity index (χ2v) is 9.14. The number of halogens is 1. The Morgan fingerprint density at radius 3 is 2.46 bits per heavy atom. The first-order valence-corrected chi connectivity index (χ1v) is 12.3. The van der Waals surface area contributed by atoms with E-state index in [1.807, 2.05) is 37.3 Å². The first-order chi connectivity index (χ1) is 18.0. The molecule has 2 aliphatic heterocycles. The highest BCUT2D eigenvalue weighted by Crippen LogP contribution is 2.43. The van der Waals surface area contributed by atoms with Gasteiger partial charge in [0.15, 0.2) is 0 Å². The van der Waals surface area contributed by atoms with Crippen LogP contribution in [0.2, 0.25) is 0 Å². The van der Waals surface area contributed by atoms with E-state index in [9.17, 15) is 9.18 Å². The van der Waals surface area contributed by atoms with E-state index in [1.54, 1.807) is 19.5 Å². The highest BCUT2D eigenvalue weighted by molar-refractivity contribution is 6.02. The van der Waals surface area contributed by atoms with Crippen molar-refractivity contribution in [2.45, 2.75) is 19.4 Å². The number of pyridine rings is 1. The van der Waals surface area contributed by atoms with Gasteiger partial charge in [-0.05, 0) is 55.0 Å². The normalized spacial score (nSPS) is 17.2. The molecule has 37 heavy (non-hydrogen) atoms. The van der Waals surface area contributed by atoms with Crippen LogP contribution in [0, 0.1) is 12.7 Å². The van der Waals surface area contributed by atoms with Gasteiger partial charge in [-0.3, -0.25) is 9.78 Å². The highest BCUT2D eigenvalue weighted by atomic mass is 19.1. The van der Waals surface area contributed by atoms with Gasteiger partial charge in [-0.2, -0.15) is 0 Å². The third-order valence-corrected chi connectivity index (χ3v) is 6.87. The summed E-state index contributed by atoms with van der Waals surface area (Å²) in [4.78, 5) is 28.6. The largest absolute Gasteiger partial charge is 0.495 e.